The summed E-state index contributed by atoms with van der Waals surface area (Å²) < 4.78 is 5.37. The van der Waals surface area contributed by atoms with Crippen molar-refractivity contribution in [2.24, 2.45) is 0 Å². The second-order valence-electron chi connectivity index (χ2n) is 4.91. The number of hydrogen-bond acceptors (Lipinski definition) is 4. The lowest BCUT2D eigenvalue weighted by molar-refractivity contribution is -0.143. The Morgan fingerprint density at radius 2 is 2.00 bits per heavy atom. The van der Waals surface area contributed by atoms with Gasteiger partial charge in [0.1, 0.15) is 12.1 Å². The van der Waals surface area contributed by atoms with E-state index in [0.29, 0.717) is 12.0 Å². The van der Waals surface area contributed by atoms with Gasteiger partial charge in [0.25, 0.3) is 0 Å². The lowest BCUT2D eigenvalue weighted by Crippen LogP contribution is -2.55. The molecule has 0 spiro atoms. The lowest BCUT2D eigenvalue weighted by Gasteiger charge is -2.28. The zero-order valence-electron chi connectivity index (χ0n) is 10.7. The fourth-order valence-corrected chi connectivity index (χ4v) is 2.58. The van der Waals surface area contributed by atoms with Crippen LogP contribution in [0.15, 0.2) is 30.3 Å². The van der Waals surface area contributed by atoms with Crippen LogP contribution < -0.4 is 5.32 Å². The van der Waals surface area contributed by atoms with E-state index in [1.165, 1.54) is 4.90 Å². The number of amides is 2. The molecule has 2 fully saturated rings. The fraction of sp³-hybridized carbons (Fsp3) is 0.357. The van der Waals surface area contributed by atoms with E-state index in [4.69, 9.17) is 4.74 Å². The number of carbonyl (C=O) groups excluding carboxylic acids is 3. The van der Waals surface area contributed by atoms with Crippen molar-refractivity contribution in [2.75, 3.05) is 13.1 Å². The third-order valence-electron chi connectivity index (χ3n) is 3.58. The number of rotatable bonds is 2. The standard InChI is InChI=1S/C14H14N2O4/c17-12-7-15-13(18)11-6-10(8-16(11)12)20-14(19)9-4-2-1-3-5-9/h1-5,10-11H,6-8H2,(H,15,18)/t10-,11+/m1/s1. The zero-order chi connectivity index (χ0) is 14.1. The SMILES string of the molecule is O=C(O[C@@H]1C[C@H]2C(=O)NCC(=O)N2C1)c1ccccc1. The van der Waals surface area contributed by atoms with Crippen molar-refractivity contribution in [1.82, 2.24) is 10.2 Å². The molecule has 0 saturated carbocycles. The van der Waals surface area contributed by atoms with Gasteiger partial charge in [0.05, 0.1) is 18.7 Å². The van der Waals surface area contributed by atoms with Gasteiger partial charge in [-0.15, -0.1) is 0 Å². The summed E-state index contributed by atoms with van der Waals surface area (Å²) in [5.41, 5.74) is 0.466. The third-order valence-corrected chi connectivity index (χ3v) is 3.58. The second-order valence-corrected chi connectivity index (χ2v) is 4.91. The van der Waals surface area contributed by atoms with Gasteiger partial charge in [-0.2, -0.15) is 0 Å². The summed E-state index contributed by atoms with van der Waals surface area (Å²) in [6, 6.07) is 8.15. The molecule has 0 radical (unpaired) electrons. The van der Waals surface area contributed by atoms with Gasteiger partial charge in [-0.3, -0.25) is 9.59 Å². The minimum atomic E-state index is -0.509. The summed E-state index contributed by atoms with van der Waals surface area (Å²) in [6.07, 6.45) is -0.0728. The predicted octanol–water partition coefficient (Wildman–Crippen LogP) is -0.0573. The van der Waals surface area contributed by atoms with E-state index in [0.717, 1.165) is 0 Å². The van der Waals surface area contributed by atoms with Crippen molar-refractivity contribution in [3.8, 4) is 0 Å². The number of carbonyl (C=O) groups is 3. The normalized spacial score (nSPS) is 25.1. The maximum absolute atomic E-state index is 11.9. The first-order valence-electron chi connectivity index (χ1n) is 6.48. The van der Waals surface area contributed by atoms with Crippen LogP contribution in [0.3, 0.4) is 0 Å². The number of esters is 1. The number of hydrogen-bond donors (Lipinski definition) is 1. The molecule has 0 unspecified atom stereocenters. The van der Waals surface area contributed by atoms with Gasteiger partial charge in [-0.1, -0.05) is 18.2 Å². The highest BCUT2D eigenvalue weighted by atomic mass is 16.5. The minimum Gasteiger partial charge on any atom is -0.457 e. The molecule has 1 aromatic carbocycles. The Morgan fingerprint density at radius 3 is 2.70 bits per heavy atom. The molecule has 2 aliphatic rings. The monoisotopic (exact) mass is 274 g/mol. The van der Waals surface area contributed by atoms with Crippen LogP contribution in [0.5, 0.6) is 0 Å². The van der Waals surface area contributed by atoms with Gasteiger partial charge in [0.15, 0.2) is 0 Å². The fourth-order valence-electron chi connectivity index (χ4n) is 2.58. The van der Waals surface area contributed by atoms with Gasteiger partial charge in [0.2, 0.25) is 11.8 Å². The van der Waals surface area contributed by atoms with Crippen LogP contribution in [-0.2, 0) is 14.3 Å². The average Bonchev–Trinajstić information content (AvgIpc) is 2.89. The molecule has 1 aromatic rings. The maximum atomic E-state index is 11.9. The Hall–Kier alpha value is -2.37. The van der Waals surface area contributed by atoms with Crippen LogP contribution in [0, 0.1) is 0 Å². The predicted molar refractivity (Wildman–Crippen MR) is 68.8 cm³/mol. The minimum absolute atomic E-state index is 0.0225. The molecule has 104 valence electrons. The number of benzene rings is 1. The second kappa shape index (κ2) is 4.96. The Bertz CT molecular complexity index is 534. The topological polar surface area (TPSA) is 75.7 Å². The van der Waals surface area contributed by atoms with Gasteiger partial charge < -0.3 is 15.0 Å². The van der Waals surface area contributed by atoms with Crippen molar-refractivity contribution >= 4 is 17.8 Å². The summed E-state index contributed by atoms with van der Waals surface area (Å²) >= 11 is 0. The molecule has 2 saturated heterocycles. The van der Waals surface area contributed by atoms with Crippen molar-refractivity contribution in [3.63, 3.8) is 0 Å². The van der Waals surface area contributed by atoms with Gasteiger partial charge in [-0.05, 0) is 12.1 Å². The summed E-state index contributed by atoms with van der Waals surface area (Å²) in [4.78, 5) is 36.8. The molecule has 0 aromatic heterocycles. The Morgan fingerprint density at radius 1 is 1.25 bits per heavy atom. The van der Waals surface area contributed by atoms with E-state index in [9.17, 15) is 14.4 Å². The molecule has 6 nitrogen and oxygen atoms in total. The Balaban J connectivity index is 1.67. The Labute approximate surface area is 115 Å². The number of nitrogens with one attached hydrogen (secondary N) is 1. The van der Waals surface area contributed by atoms with E-state index >= 15 is 0 Å². The molecular formula is C14H14N2O4. The van der Waals surface area contributed by atoms with Crippen molar-refractivity contribution in [3.05, 3.63) is 35.9 Å². The first-order chi connectivity index (χ1) is 9.65. The van der Waals surface area contributed by atoms with Gasteiger partial charge in [0, 0.05) is 6.42 Å². The summed E-state index contributed by atoms with van der Waals surface area (Å²) in [7, 11) is 0. The molecule has 20 heavy (non-hydrogen) atoms. The lowest BCUT2D eigenvalue weighted by atomic mass is 10.1. The highest BCUT2D eigenvalue weighted by Crippen LogP contribution is 2.23. The van der Waals surface area contributed by atoms with E-state index in [1.807, 2.05) is 6.07 Å². The van der Waals surface area contributed by atoms with Crippen molar-refractivity contribution in [2.45, 2.75) is 18.6 Å². The van der Waals surface area contributed by atoms with Crippen LogP contribution >= 0.6 is 0 Å². The van der Waals surface area contributed by atoms with Crippen LogP contribution in [-0.4, -0.2) is 47.9 Å². The van der Waals surface area contributed by atoms with E-state index in [-0.39, 0.29) is 24.9 Å². The first-order valence-corrected chi connectivity index (χ1v) is 6.48. The highest BCUT2D eigenvalue weighted by Gasteiger charge is 2.43. The summed E-state index contributed by atoms with van der Waals surface area (Å²) in [5.74, 6) is -0.737. The molecular weight excluding hydrogens is 260 g/mol. The van der Waals surface area contributed by atoms with Crippen LogP contribution in [0.2, 0.25) is 0 Å². The molecule has 3 rings (SSSR count). The molecule has 1 N–H and O–H groups in total. The zero-order valence-corrected chi connectivity index (χ0v) is 10.7. The third kappa shape index (κ3) is 2.24. The molecule has 2 atom stereocenters. The smallest absolute Gasteiger partial charge is 0.338 e. The largest absolute Gasteiger partial charge is 0.457 e. The summed E-state index contributed by atoms with van der Waals surface area (Å²) in [5, 5.41) is 2.54. The molecule has 2 amide bonds. The molecule has 6 heteroatoms. The average molecular weight is 274 g/mol. The van der Waals surface area contributed by atoms with E-state index in [2.05, 4.69) is 5.32 Å². The van der Waals surface area contributed by atoms with Gasteiger partial charge in [-0.25, -0.2) is 4.79 Å². The van der Waals surface area contributed by atoms with Gasteiger partial charge >= 0.3 is 5.97 Å². The van der Waals surface area contributed by atoms with Crippen LogP contribution in [0.1, 0.15) is 16.8 Å². The highest BCUT2D eigenvalue weighted by molar-refractivity contribution is 5.95. The molecule has 0 aliphatic carbocycles. The number of fused-ring (bicyclic) bond motifs is 1. The molecule has 2 aliphatic heterocycles. The molecule has 2 heterocycles. The quantitative estimate of drug-likeness (QED) is 0.767. The van der Waals surface area contributed by atoms with Crippen molar-refractivity contribution < 1.29 is 19.1 Å². The van der Waals surface area contributed by atoms with E-state index in [1.54, 1.807) is 24.3 Å². The van der Waals surface area contributed by atoms with Crippen LogP contribution in [0.4, 0.5) is 0 Å². The Kier molecular flexibility index (Phi) is 3.14. The first kappa shape index (κ1) is 12.7. The van der Waals surface area contributed by atoms with Crippen molar-refractivity contribution in [1.29, 1.82) is 0 Å². The molecule has 0 bridgehead atoms. The number of nitrogens with zero attached hydrogens (tertiary/aromatic N) is 1. The maximum Gasteiger partial charge on any atom is 0.338 e. The van der Waals surface area contributed by atoms with Crippen LogP contribution in [0.25, 0.3) is 0 Å². The number of piperazine rings is 1. The number of ether oxygens (including phenoxy) is 1. The van der Waals surface area contributed by atoms with E-state index < -0.39 is 18.1 Å². The summed E-state index contributed by atoms with van der Waals surface area (Å²) in [6.45, 7) is 0.310.